The molecule has 1 N–H and O–H groups in total. The lowest BCUT2D eigenvalue weighted by atomic mass is 9.88. The fourth-order valence-corrected chi connectivity index (χ4v) is 4.35. The number of nitrogens with one attached hydrogen (secondary N) is 1. The molecular weight excluding hydrogens is 396 g/mol. The van der Waals surface area contributed by atoms with E-state index in [2.05, 4.69) is 52.7 Å². The van der Waals surface area contributed by atoms with E-state index in [0.29, 0.717) is 6.42 Å². The van der Waals surface area contributed by atoms with Gasteiger partial charge in [-0.3, -0.25) is 4.79 Å². The molecule has 1 aliphatic carbocycles. The van der Waals surface area contributed by atoms with Crippen molar-refractivity contribution in [2.24, 2.45) is 0 Å². The molecule has 0 radical (unpaired) electrons. The standard InChI is InChI=1S/C27H26N4O/c1-19-14-16-22(17-15-19)31-25(18-20-8-3-2-4-9-20)29-26(30-31)27(32)28-24-13-7-11-21-10-5-6-12-23(21)24/h2-6,8-10,12,14-17,24H,7,11,13,18H2,1H3,(H,28,32)/t24-/m0/s1. The molecule has 1 aromatic heterocycles. The summed E-state index contributed by atoms with van der Waals surface area (Å²) in [4.78, 5) is 17.8. The van der Waals surface area contributed by atoms with Crippen LogP contribution in [0.15, 0.2) is 78.9 Å². The summed E-state index contributed by atoms with van der Waals surface area (Å²) in [5, 5.41) is 7.80. The third kappa shape index (κ3) is 4.19. The average molecular weight is 423 g/mol. The Bertz CT molecular complexity index is 1230. The molecule has 160 valence electrons. The summed E-state index contributed by atoms with van der Waals surface area (Å²) in [6.07, 6.45) is 3.65. The zero-order valence-corrected chi connectivity index (χ0v) is 18.2. The van der Waals surface area contributed by atoms with Crippen molar-refractivity contribution in [2.45, 2.75) is 38.6 Å². The fraction of sp³-hybridized carbons (Fsp3) is 0.222. The molecule has 3 aromatic carbocycles. The average Bonchev–Trinajstić information content (AvgIpc) is 3.24. The van der Waals surface area contributed by atoms with E-state index in [1.54, 1.807) is 4.68 Å². The molecule has 4 aromatic rings. The van der Waals surface area contributed by atoms with Crippen LogP contribution in [0.25, 0.3) is 5.69 Å². The maximum Gasteiger partial charge on any atom is 0.291 e. The molecule has 0 unspecified atom stereocenters. The first-order chi connectivity index (χ1) is 15.7. The molecule has 0 aliphatic heterocycles. The highest BCUT2D eigenvalue weighted by Gasteiger charge is 2.24. The van der Waals surface area contributed by atoms with Crippen molar-refractivity contribution in [3.05, 3.63) is 113 Å². The molecule has 1 aliphatic rings. The lowest BCUT2D eigenvalue weighted by Gasteiger charge is -2.25. The molecule has 5 nitrogen and oxygen atoms in total. The molecule has 1 atom stereocenters. The van der Waals surface area contributed by atoms with Gasteiger partial charge in [-0.25, -0.2) is 9.67 Å². The molecule has 1 amide bonds. The van der Waals surface area contributed by atoms with Gasteiger partial charge in [0.25, 0.3) is 5.91 Å². The van der Waals surface area contributed by atoms with Crippen molar-refractivity contribution < 1.29 is 4.79 Å². The molecule has 32 heavy (non-hydrogen) atoms. The summed E-state index contributed by atoms with van der Waals surface area (Å²) >= 11 is 0. The lowest BCUT2D eigenvalue weighted by Crippen LogP contribution is -2.31. The van der Waals surface area contributed by atoms with Crippen LogP contribution in [-0.4, -0.2) is 20.7 Å². The monoisotopic (exact) mass is 422 g/mol. The van der Waals surface area contributed by atoms with Crippen LogP contribution in [0.4, 0.5) is 0 Å². The number of hydrogen-bond acceptors (Lipinski definition) is 3. The lowest BCUT2D eigenvalue weighted by molar-refractivity contribution is 0.0922. The summed E-state index contributed by atoms with van der Waals surface area (Å²) in [7, 11) is 0. The Morgan fingerprint density at radius 1 is 1.00 bits per heavy atom. The molecule has 5 rings (SSSR count). The van der Waals surface area contributed by atoms with Crippen molar-refractivity contribution in [2.75, 3.05) is 0 Å². The Hall–Kier alpha value is -3.73. The third-order valence-electron chi connectivity index (χ3n) is 6.04. The topological polar surface area (TPSA) is 59.8 Å². The van der Waals surface area contributed by atoms with Crippen LogP contribution in [-0.2, 0) is 12.8 Å². The van der Waals surface area contributed by atoms with Crippen LogP contribution in [0.5, 0.6) is 0 Å². The van der Waals surface area contributed by atoms with Crippen LogP contribution >= 0.6 is 0 Å². The molecule has 5 heteroatoms. The second kappa shape index (κ2) is 8.79. The van der Waals surface area contributed by atoms with Crippen molar-refractivity contribution in [1.29, 1.82) is 0 Å². The Labute approximate surface area is 188 Å². The van der Waals surface area contributed by atoms with E-state index < -0.39 is 0 Å². The van der Waals surface area contributed by atoms with Gasteiger partial charge in [0.2, 0.25) is 5.82 Å². The zero-order chi connectivity index (χ0) is 21.9. The molecule has 0 bridgehead atoms. The van der Waals surface area contributed by atoms with Crippen molar-refractivity contribution in [1.82, 2.24) is 20.1 Å². The molecule has 0 spiro atoms. The van der Waals surface area contributed by atoms with Gasteiger partial charge in [-0.2, -0.15) is 0 Å². The van der Waals surface area contributed by atoms with Gasteiger partial charge >= 0.3 is 0 Å². The number of nitrogens with zero attached hydrogens (tertiary/aromatic N) is 3. The summed E-state index contributed by atoms with van der Waals surface area (Å²) in [5.74, 6) is 0.723. The smallest absolute Gasteiger partial charge is 0.291 e. The Balaban J connectivity index is 1.45. The molecule has 1 heterocycles. The first kappa shape index (κ1) is 20.2. The largest absolute Gasteiger partial charge is 0.342 e. The summed E-state index contributed by atoms with van der Waals surface area (Å²) in [6.45, 7) is 2.05. The van der Waals surface area contributed by atoms with Gasteiger partial charge in [0.15, 0.2) is 0 Å². The second-order valence-corrected chi connectivity index (χ2v) is 8.38. The van der Waals surface area contributed by atoms with E-state index in [1.807, 2.05) is 48.5 Å². The van der Waals surface area contributed by atoms with Crippen molar-refractivity contribution in [3.63, 3.8) is 0 Å². The van der Waals surface area contributed by atoms with Crippen LogP contribution in [0, 0.1) is 6.92 Å². The summed E-state index contributed by atoms with van der Waals surface area (Å²) in [5.41, 5.74) is 5.71. The highest BCUT2D eigenvalue weighted by molar-refractivity contribution is 5.90. The Morgan fingerprint density at radius 2 is 1.75 bits per heavy atom. The first-order valence-corrected chi connectivity index (χ1v) is 11.1. The van der Waals surface area contributed by atoms with E-state index in [9.17, 15) is 4.79 Å². The number of hydrogen-bond donors (Lipinski definition) is 1. The Morgan fingerprint density at radius 3 is 2.56 bits per heavy atom. The quantitative estimate of drug-likeness (QED) is 0.494. The number of aryl methyl sites for hydroxylation is 2. The summed E-state index contributed by atoms with van der Waals surface area (Å²) in [6, 6.07) is 26.6. The number of aromatic nitrogens is 3. The van der Waals surface area contributed by atoms with Gasteiger partial charge in [-0.15, -0.1) is 5.10 Å². The zero-order valence-electron chi connectivity index (χ0n) is 18.2. The molecule has 0 saturated carbocycles. The Kier molecular flexibility index (Phi) is 5.55. The highest BCUT2D eigenvalue weighted by atomic mass is 16.2. The number of benzene rings is 3. The SMILES string of the molecule is Cc1ccc(-n2nc(C(=O)N[C@H]3CCCc4ccccc43)nc2Cc2ccccc2)cc1. The van der Waals surface area contributed by atoms with Crippen LogP contribution < -0.4 is 5.32 Å². The van der Waals surface area contributed by atoms with Crippen molar-refractivity contribution >= 4 is 5.91 Å². The maximum atomic E-state index is 13.2. The van der Waals surface area contributed by atoms with Crippen LogP contribution in [0.2, 0.25) is 0 Å². The van der Waals surface area contributed by atoms with Crippen molar-refractivity contribution in [3.8, 4) is 5.69 Å². The second-order valence-electron chi connectivity index (χ2n) is 8.38. The normalized spacial score (nSPS) is 15.2. The molecule has 0 saturated heterocycles. The molecular formula is C27H26N4O. The van der Waals surface area contributed by atoms with E-state index in [0.717, 1.165) is 36.3 Å². The first-order valence-electron chi connectivity index (χ1n) is 11.1. The van der Waals surface area contributed by atoms with E-state index in [-0.39, 0.29) is 17.8 Å². The van der Waals surface area contributed by atoms with E-state index in [4.69, 9.17) is 0 Å². The maximum absolute atomic E-state index is 13.2. The molecule has 0 fully saturated rings. The number of rotatable bonds is 5. The van der Waals surface area contributed by atoms with Gasteiger partial charge in [-0.1, -0.05) is 72.3 Å². The predicted molar refractivity (Wildman–Crippen MR) is 125 cm³/mol. The van der Waals surface area contributed by atoms with Gasteiger partial charge in [0.05, 0.1) is 11.7 Å². The predicted octanol–water partition coefficient (Wildman–Crippen LogP) is 4.97. The van der Waals surface area contributed by atoms with Gasteiger partial charge in [-0.05, 0) is 55.0 Å². The minimum atomic E-state index is -0.230. The van der Waals surface area contributed by atoms with Gasteiger partial charge in [0, 0.05) is 6.42 Å². The minimum absolute atomic E-state index is 0.00338. The van der Waals surface area contributed by atoms with Crippen LogP contribution in [0.1, 0.15) is 57.6 Å². The van der Waals surface area contributed by atoms with E-state index in [1.165, 1.54) is 16.7 Å². The number of carbonyl (C=O) groups excluding carboxylic acids is 1. The third-order valence-corrected chi connectivity index (χ3v) is 6.04. The minimum Gasteiger partial charge on any atom is -0.342 e. The van der Waals surface area contributed by atoms with E-state index >= 15 is 0 Å². The fourth-order valence-electron chi connectivity index (χ4n) is 4.35. The number of carbonyl (C=O) groups is 1. The highest BCUT2D eigenvalue weighted by Crippen LogP contribution is 2.29. The van der Waals surface area contributed by atoms with Gasteiger partial charge in [0.1, 0.15) is 5.82 Å². The number of fused-ring (bicyclic) bond motifs is 1. The van der Waals surface area contributed by atoms with Crippen LogP contribution in [0.3, 0.4) is 0 Å². The number of amides is 1. The summed E-state index contributed by atoms with van der Waals surface area (Å²) < 4.78 is 1.79. The van der Waals surface area contributed by atoms with Gasteiger partial charge < -0.3 is 5.32 Å².